The zero-order valence-corrected chi connectivity index (χ0v) is 9.51. The maximum absolute atomic E-state index is 10.2. The molecule has 12 heavy (non-hydrogen) atoms. The van der Waals surface area contributed by atoms with Gasteiger partial charge < -0.3 is 5.11 Å². The van der Waals surface area contributed by atoms with E-state index in [4.69, 9.17) is 16.7 Å². The maximum Gasteiger partial charge on any atom is 0.307 e. The van der Waals surface area contributed by atoms with Crippen molar-refractivity contribution in [2.45, 2.75) is 6.42 Å². The first-order chi connectivity index (χ1) is 5.18. The van der Waals surface area contributed by atoms with Crippen LogP contribution in [0.15, 0.2) is 24.3 Å². The Morgan fingerprint density at radius 1 is 1.33 bits per heavy atom. The molecule has 0 bridgehead atoms. The van der Waals surface area contributed by atoms with Crippen LogP contribution in [0.2, 0.25) is 5.02 Å². The summed E-state index contributed by atoms with van der Waals surface area (Å²) in [4.78, 5) is 10.2. The second-order valence-corrected chi connectivity index (χ2v) is 2.63. The summed E-state index contributed by atoms with van der Waals surface area (Å²) < 4.78 is 0. The molecule has 0 saturated carbocycles. The van der Waals surface area contributed by atoms with Crippen molar-refractivity contribution in [3.05, 3.63) is 34.9 Å². The Balaban J connectivity index is 0.00000121. The Hall–Kier alpha value is -0.0200. The van der Waals surface area contributed by atoms with Crippen molar-refractivity contribution < 1.29 is 9.90 Å². The summed E-state index contributed by atoms with van der Waals surface area (Å²) in [6.07, 6.45) is 0.0527. The quantitative estimate of drug-likeness (QED) is 0.725. The minimum atomic E-state index is -0.827. The number of carbonyl (C=O) groups is 1. The first-order valence-electron chi connectivity index (χ1n) is 3.15. The smallest absolute Gasteiger partial charge is 0.307 e. The molecule has 0 spiro atoms. The van der Waals surface area contributed by atoms with E-state index in [2.05, 4.69) is 0 Å². The largest absolute Gasteiger partial charge is 0.481 e. The zero-order chi connectivity index (χ0) is 8.27. The molecule has 4 heteroatoms. The maximum atomic E-state index is 10.2. The first-order valence-corrected chi connectivity index (χ1v) is 3.52. The number of rotatable bonds is 2. The van der Waals surface area contributed by atoms with E-state index in [-0.39, 0.29) is 36.0 Å². The van der Waals surface area contributed by atoms with Gasteiger partial charge in [0.1, 0.15) is 0 Å². The SMILES string of the molecule is O=C(O)Cc1ccc(Cl)cc1.[Na]. The number of aliphatic carboxylic acids is 1. The van der Waals surface area contributed by atoms with Crippen molar-refractivity contribution in [2.75, 3.05) is 0 Å². The van der Waals surface area contributed by atoms with E-state index in [0.717, 1.165) is 5.56 Å². The molecule has 1 aromatic carbocycles. The summed E-state index contributed by atoms with van der Waals surface area (Å²) in [6.45, 7) is 0. The van der Waals surface area contributed by atoms with Crippen molar-refractivity contribution >= 4 is 47.1 Å². The fourth-order valence-corrected chi connectivity index (χ4v) is 0.903. The number of benzene rings is 1. The van der Waals surface area contributed by atoms with Gasteiger partial charge in [0, 0.05) is 34.6 Å². The molecular weight excluding hydrogens is 187 g/mol. The minimum Gasteiger partial charge on any atom is -0.481 e. The molecule has 0 aliphatic rings. The standard InChI is InChI=1S/C8H7ClO2.Na/c9-7-3-1-6(2-4-7)5-8(10)11;/h1-4H,5H2,(H,10,11);. The molecule has 0 atom stereocenters. The molecule has 59 valence electrons. The van der Waals surface area contributed by atoms with Gasteiger partial charge in [-0.25, -0.2) is 0 Å². The summed E-state index contributed by atoms with van der Waals surface area (Å²) in [6, 6.07) is 6.77. The van der Waals surface area contributed by atoms with E-state index >= 15 is 0 Å². The summed E-state index contributed by atoms with van der Waals surface area (Å²) in [5, 5.41) is 9.03. The van der Waals surface area contributed by atoms with Gasteiger partial charge in [0.05, 0.1) is 6.42 Å². The minimum absolute atomic E-state index is 0. The Morgan fingerprint density at radius 2 is 1.83 bits per heavy atom. The second kappa shape index (κ2) is 5.60. The van der Waals surface area contributed by atoms with Crippen LogP contribution >= 0.6 is 11.6 Å². The van der Waals surface area contributed by atoms with Gasteiger partial charge >= 0.3 is 5.97 Å². The van der Waals surface area contributed by atoms with Gasteiger partial charge in [0.25, 0.3) is 0 Å². The summed E-state index contributed by atoms with van der Waals surface area (Å²) in [5.74, 6) is -0.827. The third-order valence-corrected chi connectivity index (χ3v) is 1.52. The molecule has 0 aliphatic carbocycles. The molecule has 1 radical (unpaired) electrons. The van der Waals surface area contributed by atoms with Crippen molar-refractivity contribution in [3.8, 4) is 0 Å². The molecule has 1 rings (SSSR count). The third-order valence-electron chi connectivity index (χ3n) is 1.27. The molecule has 0 unspecified atom stereocenters. The van der Waals surface area contributed by atoms with E-state index in [0.29, 0.717) is 5.02 Å². The molecule has 0 amide bonds. The summed E-state index contributed by atoms with van der Waals surface area (Å²) in [5.41, 5.74) is 0.766. The number of hydrogen-bond donors (Lipinski definition) is 1. The predicted octanol–water partition coefficient (Wildman–Crippen LogP) is 1.59. The fourth-order valence-electron chi connectivity index (χ4n) is 0.777. The molecule has 0 aliphatic heterocycles. The first kappa shape index (κ1) is 12.0. The Labute approximate surface area is 97.8 Å². The third kappa shape index (κ3) is 4.12. The van der Waals surface area contributed by atoms with Gasteiger partial charge in [-0.3, -0.25) is 4.79 Å². The Morgan fingerprint density at radius 3 is 2.25 bits per heavy atom. The van der Waals surface area contributed by atoms with Crippen LogP contribution in [0.3, 0.4) is 0 Å². The van der Waals surface area contributed by atoms with Crippen LogP contribution in [0, 0.1) is 0 Å². The number of hydrogen-bond acceptors (Lipinski definition) is 1. The van der Waals surface area contributed by atoms with Crippen molar-refractivity contribution in [2.24, 2.45) is 0 Å². The average Bonchev–Trinajstić information content (AvgIpc) is 1.93. The molecule has 1 N–H and O–H groups in total. The van der Waals surface area contributed by atoms with Gasteiger partial charge in [-0.05, 0) is 17.7 Å². The van der Waals surface area contributed by atoms with Gasteiger partial charge in [-0.1, -0.05) is 23.7 Å². The van der Waals surface area contributed by atoms with E-state index in [1.807, 2.05) is 0 Å². The number of carboxylic acids is 1. The van der Waals surface area contributed by atoms with Crippen LogP contribution in [-0.2, 0) is 11.2 Å². The van der Waals surface area contributed by atoms with Crippen LogP contribution in [0.25, 0.3) is 0 Å². The molecule has 0 fully saturated rings. The van der Waals surface area contributed by atoms with Crippen molar-refractivity contribution in [1.29, 1.82) is 0 Å². The van der Waals surface area contributed by atoms with E-state index in [1.165, 1.54) is 0 Å². The van der Waals surface area contributed by atoms with Gasteiger partial charge in [0.15, 0.2) is 0 Å². The summed E-state index contributed by atoms with van der Waals surface area (Å²) in [7, 11) is 0. The molecule has 0 heterocycles. The van der Waals surface area contributed by atoms with E-state index < -0.39 is 5.97 Å². The van der Waals surface area contributed by atoms with E-state index in [1.54, 1.807) is 24.3 Å². The Kier molecular flexibility index (Phi) is 5.59. The molecule has 0 aromatic heterocycles. The topological polar surface area (TPSA) is 37.3 Å². The van der Waals surface area contributed by atoms with Crippen LogP contribution < -0.4 is 0 Å². The van der Waals surface area contributed by atoms with Crippen molar-refractivity contribution in [3.63, 3.8) is 0 Å². The summed E-state index contributed by atoms with van der Waals surface area (Å²) >= 11 is 5.60. The zero-order valence-electron chi connectivity index (χ0n) is 6.75. The average molecular weight is 194 g/mol. The number of carboxylic acid groups (broad SMARTS) is 1. The molecule has 0 saturated heterocycles. The Bertz CT molecular complexity index is 258. The van der Waals surface area contributed by atoms with Crippen LogP contribution in [-0.4, -0.2) is 40.6 Å². The molecule has 1 aromatic rings. The van der Waals surface area contributed by atoms with Crippen molar-refractivity contribution in [1.82, 2.24) is 0 Å². The van der Waals surface area contributed by atoms with Gasteiger partial charge in [0.2, 0.25) is 0 Å². The van der Waals surface area contributed by atoms with Crippen LogP contribution in [0.4, 0.5) is 0 Å². The van der Waals surface area contributed by atoms with Gasteiger partial charge in [-0.2, -0.15) is 0 Å². The molecule has 2 nitrogen and oxygen atoms in total. The monoisotopic (exact) mass is 193 g/mol. The van der Waals surface area contributed by atoms with Crippen LogP contribution in [0.5, 0.6) is 0 Å². The van der Waals surface area contributed by atoms with Gasteiger partial charge in [-0.15, -0.1) is 0 Å². The number of halogens is 1. The predicted molar refractivity (Wildman–Crippen MR) is 48.5 cm³/mol. The fraction of sp³-hybridized carbons (Fsp3) is 0.125. The second-order valence-electron chi connectivity index (χ2n) is 2.20. The van der Waals surface area contributed by atoms with E-state index in [9.17, 15) is 4.79 Å². The van der Waals surface area contributed by atoms with Crippen LogP contribution in [0.1, 0.15) is 5.56 Å². The normalized spacial score (nSPS) is 8.75. The molecular formula is C8H7ClNaO2.